The van der Waals surface area contributed by atoms with Crippen LogP contribution in [0.15, 0.2) is 16.9 Å². The van der Waals surface area contributed by atoms with Gasteiger partial charge in [0.1, 0.15) is 11.3 Å². The number of pyridine rings is 2. The molecule has 0 spiro atoms. The lowest BCUT2D eigenvalue weighted by atomic mass is 10.2. The molecule has 0 aliphatic carbocycles. The SMILES string of the molecule is CCn1c(C(=O)O)cc(=O)c2cc(F)c(N3CCC(N)C3)nc21. The van der Waals surface area contributed by atoms with Gasteiger partial charge in [0.05, 0.1) is 5.39 Å². The summed E-state index contributed by atoms with van der Waals surface area (Å²) in [6, 6.07) is 2.08. The van der Waals surface area contributed by atoms with E-state index in [1.807, 2.05) is 0 Å². The molecular formula is C15H17FN4O3. The standard InChI is InChI=1S/C15H17FN4O3/c1-2-20-11(15(22)23)6-12(21)9-5-10(16)14(18-13(9)20)19-4-3-8(17)7-19/h5-6,8H,2-4,7,17H2,1H3,(H,22,23). The first kappa shape index (κ1) is 15.4. The first-order valence-electron chi connectivity index (χ1n) is 7.40. The Bertz CT molecular complexity index is 849. The van der Waals surface area contributed by atoms with E-state index in [-0.39, 0.29) is 28.6 Å². The first-order valence-corrected chi connectivity index (χ1v) is 7.40. The summed E-state index contributed by atoms with van der Waals surface area (Å²) in [6.45, 7) is 3.10. The Balaban J connectivity index is 2.28. The van der Waals surface area contributed by atoms with Crippen molar-refractivity contribution in [3.63, 3.8) is 0 Å². The number of aromatic nitrogens is 2. The number of carboxylic acids is 1. The number of aromatic carboxylic acids is 1. The quantitative estimate of drug-likeness (QED) is 0.867. The van der Waals surface area contributed by atoms with Crippen LogP contribution in [0.2, 0.25) is 0 Å². The number of halogens is 1. The van der Waals surface area contributed by atoms with Crippen molar-refractivity contribution in [3.05, 3.63) is 33.9 Å². The maximum absolute atomic E-state index is 14.4. The monoisotopic (exact) mass is 320 g/mol. The van der Waals surface area contributed by atoms with E-state index >= 15 is 0 Å². The molecule has 1 saturated heterocycles. The Kier molecular flexibility index (Phi) is 3.77. The average molecular weight is 320 g/mol. The number of fused-ring (bicyclic) bond motifs is 1. The predicted molar refractivity (Wildman–Crippen MR) is 83.4 cm³/mol. The minimum Gasteiger partial charge on any atom is -0.477 e. The molecule has 1 aliphatic heterocycles. The van der Waals surface area contributed by atoms with E-state index in [9.17, 15) is 19.1 Å². The Morgan fingerprint density at radius 1 is 1.52 bits per heavy atom. The van der Waals surface area contributed by atoms with Gasteiger partial charge >= 0.3 is 5.97 Å². The van der Waals surface area contributed by atoms with Gasteiger partial charge in [-0.05, 0) is 19.4 Å². The molecule has 122 valence electrons. The van der Waals surface area contributed by atoms with Gasteiger partial charge in [-0.1, -0.05) is 0 Å². The van der Waals surface area contributed by atoms with Crippen LogP contribution in [0.4, 0.5) is 10.2 Å². The smallest absolute Gasteiger partial charge is 0.352 e. The molecule has 23 heavy (non-hydrogen) atoms. The molecule has 2 aromatic rings. The van der Waals surface area contributed by atoms with Crippen LogP contribution in [-0.4, -0.2) is 39.8 Å². The Morgan fingerprint density at radius 3 is 2.83 bits per heavy atom. The van der Waals surface area contributed by atoms with Crippen molar-refractivity contribution in [2.24, 2.45) is 5.73 Å². The molecule has 0 aromatic carbocycles. The van der Waals surface area contributed by atoms with E-state index in [1.54, 1.807) is 11.8 Å². The second-order valence-electron chi connectivity index (χ2n) is 5.60. The maximum atomic E-state index is 14.4. The summed E-state index contributed by atoms with van der Waals surface area (Å²) < 4.78 is 15.8. The van der Waals surface area contributed by atoms with E-state index in [0.29, 0.717) is 19.6 Å². The molecule has 0 radical (unpaired) electrons. The fourth-order valence-corrected chi connectivity index (χ4v) is 2.95. The number of carboxylic acid groups (broad SMARTS) is 1. The van der Waals surface area contributed by atoms with Crippen LogP contribution in [0, 0.1) is 5.82 Å². The second-order valence-corrected chi connectivity index (χ2v) is 5.60. The Labute approximate surface area is 131 Å². The van der Waals surface area contributed by atoms with E-state index in [4.69, 9.17) is 5.73 Å². The summed E-state index contributed by atoms with van der Waals surface area (Å²) in [4.78, 5) is 29.4. The van der Waals surface area contributed by atoms with Gasteiger partial charge in [-0.2, -0.15) is 0 Å². The van der Waals surface area contributed by atoms with Crippen LogP contribution >= 0.6 is 0 Å². The van der Waals surface area contributed by atoms with Gasteiger partial charge in [-0.25, -0.2) is 14.2 Å². The molecule has 3 heterocycles. The van der Waals surface area contributed by atoms with Crippen molar-refractivity contribution in [2.45, 2.75) is 25.9 Å². The van der Waals surface area contributed by atoms with Crippen LogP contribution in [0.1, 0.15) is 23.8 Å². The lowest BCUT2D eigenvalue weighted by Crippen LogP contribution is -2.28. The molecule has 0 saturated carbocycles. The number of rotatable bonds is 3. The number of carbonyl (C=O) groups is 1. The number of aryl methyl sites for hydroxylation is 1. The van der Waals surface area contributed by atoms with Crippen molar-refractivity contribution in [1.82, 2.24) is 9.55 Å². The molecule has 1 unspecified atom stereocenters. The maximum Gasteiger partial charge on any atom is 0.352 e. The molecule has 0 bridgehead atoms. The van der Waals surface area contributed by atoms with Crippen molar-refractivity contribution in [2.75, 3.05) is 18.0 Å². The molecule has 1 aliphatic rings. The van der Waals surface area contributed by atoms with Crippen LogP contribution < -0.4 is 16.1 Å². The molecular weight excluding hydrogens is 303 g/mol. The van der Waals surface area contributed by atoms with Crippen molar-refractivity contribution in [1.29, 1.82) is 0 Å². The summed E-state index contributed by atoms with van der Waals surface area (Å²) in [5.41, 5.74) is 5.30. The van der Waals surface area contributed by atoms with Gasteiger partial charge < -0.3 is 20.3 Å². The minimum atomic E-state index is -1.22. The lowest BCUT2D eigenvalue weighted by Gasteiger charge is -2.19. The van der Waals surface area contributed by atoms with Gasteiger partial charge in [0.25, 0.3) is 0 Å². The van der Waals surface area contributed by atoms with Crippen LogP contribution in [0.5, 0.6) is 0 Å². The number of hydrogen-bond donors (Lipinski definition) is 2. The fraction of sp³-hybridized carbons (Fsp3) is 0.400. The van der Waals surface area contributed by atoms with Gasteiger partial charge in [0, 0.05) is 31.7 Å². The van der Waals surface area contributed by atoms with Crippen LogP contribution in [0.25, 0.3) is 11.0 Å². The third-order valence-corrected chi connectivity index (χ3v) is 4.08. The topological polar surface area (TPSA) is 101 Å². The van der Waals surface area contributed by atoms with Crippen LogP contribution in [0.3, 0.4) is 0 Å². The summed E-state index contributed by atoms with van der Waals surface area (Å²) >= 11 is 0. The molecule has 7 nitrogen and oxygen atoms in total. The van der Waals surface area contributed by atoms with Crippen LogP contribution in [-0.2, 0) is 6.54 Å². The molecule has 0 amide bonds. The third-order valence-electron chi connectivity index (χ3n) is 4.08. The average Bonchev–Trinajstić information content (AvgIpc) is 2.93. The normalized spacial score (nSPS) is 17.9. The molecule has 2 aromatic heterocycles. The number of anilines is 1. The highest BCUT2D eigenvalue weighted by Crippen LogP contribution is 2.24. The molecule has 8 heteroatoms. The highest BCUT2D eigenvalue weighted by Gasteiger charge is 2.25. The fourth-order valence-electron chi connectivity index (χ4n) is 2.95. The minimum absolute atomic E-state index is 0.0504. The summed E-state index contributed by atoms with van der Waals surface area (Å²) in [7, 11) is 0. The number of nitrogens with zero attached hydrogens (tertiary/aromatic N) is 3. The first-order chi connectivity index (χ1) is 10.9. The summed E-state index contributed by atoms with van der Waals surface area (Å²) in [5.74, 6) is -1.72. The highest BCUT2D eigenvalue weighted by molar-refractivity contribution is 5.90. The predicted octanol–water partition coefficient (Wildman–Crippen LogP) is 0.791. The molecule has 3 N–H and O–H groups in total. The van der Waals surface area contributed by atoms with Crippen molar-refractivity contribution >= 4 is 22.8 Å². The Morgan fingerprint density at radius 2 is 2.26 bits per heavy atom. The summed E-state index contributed by atoms with van der Waals surface area (Å²) in [6.07, 6.45) is 0.731. The second kappa shape index (κ2) is 5.62. The zero-order chi connectivity index (χ0) is 16.7. The van der Waals surface area contributed by atoms with Crippen molar-refractivity contribution in [3.8, 4) is 0 Å². The van der Waals surface area contributed by atoms with Gasteiger partial charge in [-0.15, -0.1) is 0 Å². The third kappa shape index (κ3) is 2.55. The largest absolute Gasteiger partial charge is 0.477 e. The van der Waals surface area contributed by atoms with Gasteiger partial charge in [-0.3, -0.25) is 4.79 Å². The zero-order valence-corrected chi connectivity index (χ0v) is 12.6. The highest BCUT2D eigenvalue weighted by atomic mass is 19.1. The van der Waals surface area contributed by atoms with E-state index < -0.39 is 17.2 Å². The lowest BCUT2D eigenvalue weighted by molar-refractivity contribution is 0.0685. The van der Waals surface area contributed by atoms with Gasteiger partial charge in [0.2, 0.25) is 0 Å². The zero-order valence-electron chi connectivity index (χ0n) is 12.6. The number of nitrogens with two attached hydrogens (primary N) is 1. The molecule has 1 fully saturated rings. The summed E-state index contributed by atoms with van der Waals surface area (Å²) in [5, 5.41) is 9.33. The number of hydrogen-bond acceptors (Lipinski definition) is 5. The van der Waals surface area contributed by atoms with E-state index in [2.05, 4.69) is 4.98 Å². The van der Waals surface area contributed by atoms with E-state index in [0.717, 1.165) is 18.6 Å². The Hall–Kier alpha value is -2.48. The molecule has 3 rings (SSSR count). The van der Waals surface area contributed by atoms with Crippen molar-refractivity contribution < 1.29 is 14.3 Å². The van der Waals surface area contributed by atoms with Gasteiger partial charge in [0.15, 0.2) is 17.1 Å². The molecule has 1 atom stereocenters. The van der Waals surface area contributed by atoms with E-state index in [1.165, 1.54) is 4.57 Å².